The Morgan fingerprint density at radius 3 is 2.87 bits per heavy atom. The molecule has 118 valence electrons. The van der Waals surface area contributed by atoms with Gasteiger partial charge in [0, 0.05) is 37.1 Å². The van der Waals surface area contributed by atoms with Crippen molar-refractivity contribution >= 4 is 17.2 Å². The molecule has 0 aliphatic carbocycles. The summed E-state index contributed by atoms with van der Waals surface area (Å²) in [5, 5.41) is 9.09. The van der Waals surface area contributed by atoms with Gasteiger partial charge in [-0.05, 0) is 29.6 Å². The fourth-order valence-electron chi connectivity index (χ4n) is 2.33. The molecule has 0 aliphatic heterocycles. The second-order valence-electron chi connectivity index (χ2n) is 5.07. The summed E-state index contributed by atoms with van der Waals surface area (Å²) < 4.78 is 3.19. The van der Waals surface area contributed by atoms with Crippen molar-refractivity contribution in [1.29, 1.82) is 0 Å². The van der Waals surface area contributed by atoms with E-state index in [0.717, 1.165) is 4.88 Å². The van der Waals surface area contributed by atoms with Gasteiger partial charge in [-0.2, -0.15) is 5.10 Å². The Bertz CT molecular complexity index is 803. The number of hydrogen-bond donors (Lipinski definition) is 1. The van der Waals surface area contributed by atoms with Crippen molar-refractivity contribution in [2.24, 2.45) is 7.05 Å². The standard InChI is InChI=1S/C16H16N4O2S/c1-19-8-2-5-12(16(19)22)15(21)17-11-13(14-6-3-10-23-14)20-9-4-7-18-20/h2-10,13H,11H2,1H3,(H,17,21). The predicted octanol–water partition coefficient (Wildman–Crippen LogP) is 1.66. The molecule has 1 unspecified atom stereocenters. The molecule has 3 heterocycles. The highest BCUT2D eigenvalue weighted by Gasteiger charge is 2.18. The van der Waals surface area contributed by atoms with Crippen molar-refractivity contribution in [3.05, 3.63) is 75.1 Å². The fourth-order valence-corrected chi connectivity index (χ4v) is 3.14. The molecule has 0 radical (unpaired) electrons. The van der Waals surface area contributed by atoms with Gasteiger partial charge in [0.05, 0.1) is 0 Å². The average molecular weight is 328 g/mol. The number of carbonyl (C=O) groups is 1. The molecule has 0 aromatic carbocycles. The van der Waals surface area contributed by atoms with Gasteiger partial charge in [-0.15, -0.1) is 11.3 Å². The van der Waals surface area contributed by atoms with Crippen molar-refractivity contribution in [1.82, 2.24) is 19.7 Å². The third-order valence-corrected chi connectivity index (χ3v) is 4.51. The van der Waals surface area contributed by atoms with E-state index in [1.165, 1.54) is 10.6 Å². The van der Waals surface area contributed by atoms with Crippen LogP contribution in [0.25, 0.3) is 0 Å². The van der Waals surface area contributed by atoms with E-state index in [4.69, 9.17) is 0 Å². The number of rotatable bonds is 5. The molecule has 0 spiro atoms. The molecule has 0 aliphatic rings. The first-order valence-electron chi connectivity index (χ1n) is 7.13. The highest BCUT2D eigenvalue weighted by molar-refractivity contribution is 7.10. The number of hydrogen-bond acceptors (Lipinski definition) is 4. The van der Waals surface area contributed by atoms with Crippen LogP contribution in [0.3, 0.4) is 0 Å². The molecule has 0 saturated carbocycles. The van der Waals surface area contributed by atoms with E-state index in [0.29, 0.717) is 6.54 Å². The SMILES string of the molecule is Cn1cccc(C(=O)NCC(c2cccs2)n2cccn2)c1=O. The molecule has 7 heteroatoms. The minimum Gasteiger partial charge on any atom is -0.349 e. The lowest BCUT2D eigenvalue weighted by atomic mass is 10.2. The van der Waals surface area contributed by atoms with Crippen molar-refractivity contribution in [2.75, 3.05) is 6.54 Å². The molecule has 0 saturated heterocycles. The van der Waals surface area contributed by atoms with E-state index in [1.807, 2.05) is 29.8 Å². The lowest BCUT2D eigenvalue weighted by Crippen LogP contribution is -2.35. The third kappa shape index (κ3) is 3.24. The van der Waals surface area contributed by atoms with Gasteiger partial charge in [0.15, 0.2) is 0 Å². The second kappa shape index (κ2) is 6.62. The van der Waals surface area contributed by atoms with Crippen LogP contribution in [0, 0.1) is 0 Å². The first-order chi connectivity index (χ1) is 11.2. The molecule has 3 rings (SSSR count). The zero-order valence-electron chi connectivity index (χ0n) is 12.5. The first kappa shape index (κ1) is 15.2. The molecule has 0 bridgehead atoms. The molecule has 6 nitrogen and oxygen atoms in total. The first-order valence-corrected chi connectivity index (χ1v) is 8.01. The molecule has 1 N–H and O–H groups in total. The Kier molecular flexibility index (Phi) is 4.38. The minimum absolute atomic E-state index is 0.0958. The van der Waals surface area contributed by atoms with E-state index in [2.05, 4.69) is 10.4 Å². The third-order valence-electron chi connectivity index (χ3n) is 3.54. The topological polar surface area (TPSA) is 68.9 Å². The number of amides is 1. The van der Waals surface area contributed by atoms with Crippen LogP contribution in [0.15, 0.2) is 59.1 Å². The molecule has 23 heavy (non-hydrogen) atoms. The van der Waals surface area contributed by atoms with Crippen LogP contribution >= 0.6 is 11.3 Å². The number of nitrogens with one attached hydrogen (secondary N) is 1. The number of nitrogens with zero attached hydrogens (tertiary/aromatic N) is 3. The summed E-state index contributed by atoms with van der Waals surface area (Å²) >= 11 is 1.60. The lowest BCUT2D eigenvalue weighted by Gasteiger charge is -2.17. The molecule has 1 atom stereocenters. The highest BCUT2D eigenvalue weighted by atomic mass is 32.1. The summed E-state index contributed by atoms with van der Waals surface area (Å²) in [6.45, 7) is 0.360. The van der Waals surface area contributed by atoms with E-state index >= 15 is 0 Å². The summed E-state index contributed by atoms with van der Waals surface area (Å²) in [4.78, 5) is 25.4. The van der Waals surface area contributed by atoms with Gasteiger partial charge in [-0.25, -0.2) is 0 Å². The van der Waals surface area contributed by atoms with Crippen LogP contribution in [0.1, 0.15) is 21.3 Å². The lowest BCUT2D eigenvalue weighted by molar-refractivity contribution is 0.0947. The van der Waals surface area contributed by atoms with Crippen LogP contribution in [0.5, 0.6) is 0 Å². The molecular weight excluding hydrogens is 312 g/mol. The maximum Gasteiger partial charge on any atom is 0.263 e. The van der Waals surface area contributed by atoms with Gasteiger partial charge < -0.3 is 9.88 Å². The Balaban J connectivity index is 1.78. The quantitative estimate of drug-likeness (QED) is 0.774. The average Bonchev–Trinajstić information content (AvgIpc) is 3.24. The predicted molar refractivity (Wildman–Crippen MR) is 88.7 cm³/mol. The molecule has 3 aromatic heterocycles. The fraction of sp³-hybridized carbons (Fsp3) is 0.188. The summed E-state index contributed by atoms with van der Waals surface area (Å²) in [7, 11) is 1.62. The van der Waals surface area contributed by atoms with Gasteiger partial charge in [0.25, 0.3) is 11.5 Å². The maximum absolute atomic E-state index is 12.3. The van der Waals surface area contributed by atoms with Crippen molar-refractivity contribution in [3.63, 3.8) is 0 Å². The summed E-state index contributed by atoms with van der Waals surface area (Å²) in [5.41, 5.74) is -0.169. The zero-order valence-corrected chi connectivity index (χ0v) is 13.4. The van der Waals surface area contributed by atoms with Gasteiger partial charge >= 0.3 is 0 Å². The van der Waals surface area contributed by atoms with Crippen LogP contribution in [-0.4, -0.2) is 26.8 Å². The van der Waals surface area contributed by atoms with Crippen LogP contribution in [0.2, 0.25) is 0 Å². The van der Waals surface area contributed by atoms with E-state index in [9.17, 15) is 9.59 Å². The Hall–Kier alpha value is -2.67. The Morgan fingerprint density at radius 2 is 2.17 bits per heavy atom. The molecule has 0 fully saturated rings. The molecule has 1 amide bonds. The second-order valence-corrected chi connectivity index (χ2v) is 6.04. The number of aryl methyl sites for hydroxylation is 1. The largest absolute Gasteiger partial charge is 0.349 e. The number of thiophene rings is 1. The van der Waals surface area contributed by atoms with Crippen LogP contribution in [0.4, 0.5) is 0 Å². The van der Waals surface area contributed by atoms with Gasteiger partial charge in [-0.3, -0.25) is 14.3 Å². The normalized spacial score (nSPS) is 12.0. The molecule has 3 aromatic rings. The van der Waals surface area contributed by atoms with Gasteiger partial charge in [0.1, 0.15) is 11.6 Å². The summed E-state index contributed by atoms with van der Waals surface area (Å²) in [5.74, 6) is -0.375. The van der Waals surface area contributed by atoms with Crippen LogP contribution in [-0.2, 0) is 7.05 Å². The molecular formula is C16H16N4O2S. The summed E-state index contributed by atoms with van der Waals surface area (Å²) in [6, 6.07) is 8.93. The van der Waals surface area contributed by atoms with Crippen LogP contribution < -0.4 is 10.9 Å². The zero-order chi connectivity index (χ0) is 16.2. The monoisotopic (exact) mass is 328 g/mol. The summed E-state index contributed by atoms with van der Waals surface area (Å²) in [6.07, 6.45) is 5.19. The highest BCUT2D eigenvalue weighted by Crippen LogP contribution is 2.21. The number of pyridine rings is 1. The van der Waals surface area contributed by atoms with Gasteiger partial charge in [0.2, 0.25) is 0 Å². The number of carbonyl (C=O) groups excluding carboxylic acids is 1. The van der Waals surface area contributed by atoms with E-state index in [-0.39, 0.29) is 23.1 Å². The van der Waals surface area contributed by atoms with Crippen molar-refractivity contribution in [2.45, 2.75) is 6.04 Å². The maximum atomic E-state index is 12.3. The van der Waals surface area contributed by atoms with E-state index < -0.39 is 0 Å². The number of aromatic nitrogens is 3. The Morgan fingerprint density at radius 1 is 1.30 bits per heavy atom. The minimum atomic E-state index is -0.375. The Labute approximate surface area is 137 Å². The van der Waals surface area contributed by atoms with E-state index in [1.54, 1.807) is 41.5 Å². The van der Waals surface area contributed by atoms with Crippen molar-refractivity contribution < 1.29 is 4.79 Å². The van der Waals surface area contributed by atoms with Gasteiger partial charge in [-0.1, -0.05) is 6.07 Å². The van der Waals surface area contributed by atoms with Crippen molar-refractivity contribution in [3.8, 4) is 0 Å². The smallest absolute Gasteiger partial charge is 0.263 e.